The molecule has 1 aliphatic rings. The first-order valence-electron chi connectivity index (χ1n) is 9.92. The van der Waals surface area contributed by atoms with Crippen LogP contribution in [0, 0.1) is 19.8 Å². The molecule has 3 rings (SSSR count). The monoisotopic (exact) mass is 381 g/mol. The maximum absolute atomic E-state index is 5.51. The number of hydrogen-bond acceptors (Lipinski definition) is 2. The van der Waals surface area contributed by atoms with Gasteiger partial charge in [0.05, 0.1) is 6.04 Å². The molecule has 0 saturated carbocycles. The number of anilines is 2. The minimum Gasteiger partial charge on any atom is -0.372 e. The third kappa shape index (κ3) is 5.23. The highest BCUT2D eigenvalue weighted by Crippen LogP contribution is 2.24. The Labute approximate surface area is 169 Å². The Hall–Kier alpha value is -2.07. The Kier molecular flexibility index (Phi) is 6.38. The quantitative estimate of drug-likeness (QED) is 0.675. The van der Waals surface area contributed by atoms with Gasteiger partial charge in [-0.25, -0.2) is 0 Å². The molecule has 1 saturated heterocycles. The van der Waals surface area contributed by atoms with Crippen molar-refractivity contribution < 1.29 is 0 Å². The van der Waals surface area contributed by atoms with Gasteiger partial charge in [0, 0.05) is 24.5 Å². The van der Waals surface area contributed by atoms with Gasteiger partial charge in [-0.05, 0) is 81.1 Å². The minimum absolute atomic E-state index is 0.159. The molecular formula is C23H31N3S. The number of nitrogens with one attached hydrogen (secondary N) is 2. The highest BCUT2D eigenvalue weighted by Gasteiger charge is 2.16. The first kappa shape index (κ1) is 19.7. The van der Waals surface area contributed by atoms with Gasteiger partial charge in [-0.3, -0.25) is 0 Å². The number of nitrogens with zero attached hydrogens (tertiary/aromatic N) is 1. The smallest absolute Gasteiger partial charge is 0.171 e. The predicted molar refractivity (Wildman–Crippen MR) is 121 cm³/mol. The van der Waals surface area contributed by atoms with Gasteiger partial charge >= 0.3 is 0 Å². The Balaban J connectivity index is 1.57. The van der Waals surface area contributed by atoms with Gasteiger partial charge in [-0.1, -0.05) is 36.8 Å². The largest absolute Gasteiger partial charge is 0.372 e. The molecule has 2 aromatic rings. The second-order valence-corrected chi connectivity index (χ2v) is 8.31. The Morgan fingerprint density at radius 3 is 2.37 bits per heavy atom. The van der Waals surface area contributed by atoms with Gasteiger partial charge in [0.15, 0.2) is 5.11 Å². The van der Waals surface area contributed by atoms with E-state index in [1.54, 1.807) is 0 Å². The fraction of sp³-hybridized carbons (Fsp3) is 0.435. The minimum atomic E-state index is 0.159. The summed E-state index contributed by atoms with van der Waals surface area (Å²) in [6.07, 6.45) is 2.58. The number of aryl methyl sites for hydroxylation is 2. The summed E-state index contributed by atoms with van der Waals surface area (Å²) < 4.78 is 0. The number of thiocarbonyl (C=S) groups is 1. The maximum atomic E-state index is 5.51. The summed E-state index contributed by atoms with van der Waals surface area (Å²) in [6, 6.07) is 15.4. The summed E-state index contributed by atoms with van der Waals surface area (Å²) in [6.45, 7) is 11.0. The van der Waals surface area contributed by atoms with Crippen LogP contribution in [0.3, 0.4) is 0 Å². The standard InChI is InChI=1S/C23H31N3S/c1-16-11-13-26(14-12-16)21-8-6-20(7-9-21)19(4)24-23(27)25-22-10-5-17(2)15-18(22)3/h5-10,15-16,19H,11-14H2,1-4H3,(H2,24,25,27). The summed E-state index contributed by atoms with van der Waals surface area (Å²) in [4.78, 5) is 2.49. The number of piperidine rings is 1. The van der Waals surface area contributed by atoms with Crippen LogP contribution >= 0.6 is 12.2 Å². The maximum Gasteiger partial charge on any atom is 0.171 e. The lowest BCUT2D eigenvalue weighted by molar-refractivity contribution is 0.438. The van der Waals surface area contributed by atoms with Crippen molar-refractivity contribution in [3.63, 3.8) is 0 Å². The van der Waals surface area contributed by atoms with E-state index in [-0.39, 0.29) is 6.04 Å². The summed E-state index contributed by atoms with van der Waals surface area (Å²) in [5, 5.41) is 7.37. The SMILES string of the molecule is Cc1ccc(NC(=S)NC(C)c2ccc(N3CCC(C)CC3)cc2)c(C)c1. The zero-order chi connectivity index (χ0) is 19.4. The average molecular weight is 382 g/mol. The highest BCUT2D eigenvalue weighted by atomic mass is 32.1. The molecule has 3 nitrogen and oxygen atoms in total. The fourth-order valence-corrected chi connectivity index (χ4v) is 3.92. The average Bonchev–Trinajstić information content (AvgIpc) is 2.65. The molecule has 0 aromatic heterocycles. The van der Waals surface area contributed by atoms with Gasteiger partial charge in [0.1, 0.15) is 0 Å². The number of rotatable bonds is 4. The summed E-state index contributed by atoms with van der Waals surface area (Å²) in [7, 11) is 0. The first-order chi connectivity index (χ1) is 12.9. The zero-order valence-corrected chi connectivity index (χ0v) is 17.7. The van der Waals surface area contributed by atoms with E-state index < -0.39 is 0 Å². The molecule has 1 aliphatic heterocycles. The Morgan fingerprint density at radius 1 is 1.07 bits per heavy atom. The molecule has 1 heterocycles. The van der Waals surface area contributed by atoms with Crippen molar-refractivity contribution in [2.75, 3.05) is 23.3 Å². The molecule has 2 aromatic carbocycles. The van der Waals surface area contributed by atoms with E-state index in [0.717, 1.165) is 24.7 Å². The van der Waals surface area contributed by atoms with E-state index in [9.17, 15) is 0 Å². The molecule has 0 aliphatic carbocycles. The Morgan fingerprint density at radius 2 is 1.74 bits per heavy atom. The topological polar surface area (TPSA) is 27.3 Å². The van der Waals surface area contributed by atoms with Crippen LogP contribution in [0.5, 0.6) is 0 Å². The van der Waals surface area contributed by atoms with Crippen molar-refractivity contribution in [2.24, 2.45) is 5.92 Å². The van der Waals surface area contributed by atoms with Crippen molar-refractivity contribution in [2.45, 2.75) is 46.6 Å². The van der Waals surface area contributed by atoms with Crippen molar-refractivity contribution in [3.05, 3.63) is 59.2 Å². The van der Waals surface area contributed by atoms with Crippen molar-refractivity contribution in [1.29, 1.82) is 0 Å². The predicted octanol–water partition coefficient (Wildman–Crippen LogP) is 5.59. The summed E-state index contributed by atoms with van der Waals surface area (Å²) in [5.74, 6) is 0.857. The lowest BCUT2D eigenvalue weighted by Crippen LogP contribution is -2.33. The van der Waals surface area contributed by atoms with Crippen molar-refractivity contribution in [1.82, 2.24) is 5.32 Å². The third-order valence-electron chi connectivity index (χ3n) is 5.52. The Bertz CT molecular complexity index is 777. The molecule has 1 unspecified atom stereocenters. The lowest BCUT2D eigenvalue weighted by atomic mass is 9.98. The molecular weight excluding hydrogens is 350 g/mol. The van der Waals surface area contributed by atoms with Gasteiger partial charge in [0.2, 0.25) is 0 Å². The molecule has 144 valence electrons. The molecule has 27 heavy (non-hydrogen) atoms. The molecule has 0 bridgehead atoms. The van der Waals surface area contributed by atoms with Crippen molar-refractivity contribution >= 4 is 28.7 Å². The van der Waals surface area contributed by atoms with Crippen LogP contribution in [0.1, 0.15) is 49.4 Å². The number of hydrogen-bond donors (Lipinski definition) is 2. The van der Waals surface area contributed by atoms with Crippen LogP contribution in [0.2, 0.25) is 0 Å². The molecule has 1 atom stereocenters. The van der Waals surface area contributed by atoms with Gasteiger partial charge in [-0.2, -0.15) is 0 Å². The summed E-state index contributed by atoms with van der Waals surface area (Å²) in [5.41, 5.74) is 6.09. The van der Waals surface area contributed by atoms with Gasteiger partial charge in [-0.15, -0.1) is 0 Å². The van der Waals surface area contributed by atoms with Crippen LogP contribution in [-0.4, -0.2) is 18.2 Å². The molecule has 2 N–H and O–H groups in total. The molecule has 0 radical (unpaired) electrons. The third-order valence-corrected chi connectivity index (χ3v) is 5.74. The van der Waals surface area contributed by atoms with E-state index in [1.165, 1.54) is 35.2 Å². The summed E-state index contributed by atoms with van der Waals surface area (Å²) >= 11 is 5.51. The van der Waals surface area contributed by atoms with Crippen LogP contribution in [-0.2, 0) is 0 Å². The highest BCUT2D eigenvalue weighted by molar-refractivity contribution is 7.80. The normalized spacial score (nSPS) is 16.1. The van der Waals surface area contributed by atoms with Crippen LogP contribution in [0.15, 0.2) is 42.5 Å². The lowest BCUT2D eigenvalue weighted by Gasteiger charge is -2.32. The van der Waals surface area contributed by atoms with Crippen molar-refractivity contribution in [3.8, 4) is 0 Å². The molecule has 1 fully saturated rings. The zero-order valence-electron chi connectivity index (χ0n) is 16.9. The van der Waals surface area contributed by atoms with Gasteiger partial charge < -0.3 is 15.5 Å². The van der Waals surface area contributed by atoms with E-state index in [0.29, 0.717) is 5.11 Å². The molecule has 0 spiro atoms. The van der Waals surface area contributed by atoms with Gasteiger partial charge in [0.25, 0.3) is 0 Å². The second kappa shape index (κ2) is 8.75. The van der Waals surface area contributed by atoms with E-state index in [4.69, 9.17) is 12.2 Å². The van der Waals surface area contributed by atoms with Crippen LogP contribution < -0.4 is 15.5 Å². The fourth-order valence-electron chi connectivity index (χ4n) is 3.63. The van der Waals surface area contributed by atoms with Crippen LogP contribution in [0.4, 0.5) is 11.4 Å². The second-order valence-electron chi connectivity index (χ2n) is 7.90. The molecule has 4 heteroatoms. The molecule has 0 amide bonds. The number of benzene rings is 2. The van der Waals surface area contributed by atoms with E-state index in [2.05, 4.69) is 85.7 Å². The van der Waals surface area contributed by atoms with E-state index in [1.807, 2.05) is 0 Å². The first-order valence-corrected chi connectivity index (χ1v) is 10.3. The van der Waals surface area contributed by atoms with E-state index >= 15 is 0 Å². The van der Waals surface area contributed by atoms with Crippen LogP contribution in [0.25, 0.3) is 0 Å².